The summed E-state index contributed by atoms with van der Waals surface area (Å²) in [5.41, 5.74) is 0.480. The quantitative estimate of drug-likeness (QED) is 0.587. The van der Waals surface area contributed by atoms with E-state index in [1.165, 1.54) is 6.07 Å². The number of nitrogens with zero attached hydrogens (tertiary/aromatic N) is 3. The fraction of sp³-hybridized carbons (Fsp3) is 0.500. The zero-order chi connectivity index (χ0) is 23.3. The molecule has 2 aliphatic rings. The number of amides is 2. The Balaban J connectivity index is 1.20. The minimum atomic E-state index is -0.917. The second kappa shape index (κ2) is 10.4. The highest BCUT2D eigenvalue weighted by atomic mass is 19.1. The molecule has 1 aromatic heterocycles. The van der Waals surface area contributed by atoms with Crippen molar-refractivity contribution >= 4 is 11.8 Å². The molecule has 1 saturated heterocycles. The topological polar surface area (TPSA) is 107 Å². The number of nitrogens with one attached hydrogen (secondary N) is 2. The molecule has 4 rings (SSSR count). The van der Waals surface area contributed by atoms with Crippen LogP contribution in [0.3, 0.4) is 0 Å². The number of benzene rings is 1. The van der Waals surface area contributed by atoms with Crippen molar-refractivity contribution < 1.29 is 19.1 Å². The van der Waals surface area contributed by atoms with Gasteiger partial charge in [0.2, 0.25) is 5.91 Å². The fourth-order valence-corrected chi connectivity index (χ4v) is 4.82. The number of aliphatic hydroxyl groups is 1. The molecule has 1 atom stereocenters. The first-order chi connectivity index (χ1) is 16.0. The monoisotopic (exact) mass is 455 g/mol. The smallest absolute Gasteiger partial charge is 0.251 e. The van der Waals surface area contributed by atoms with Crippen LogP contribution in [-0.2, 0) is 17.1 Å². The van der Waals surface area contributed by atoms with Gasteiger partial charge in [0, 0.05) is 36.9 Å². The van der Waals surface area contributed by atoms with Crippen molar-refractivity contribution in [2.75, 3.05) is 19.6 Å². The molecule has 176 valence electrons. The highest BCUT2D eigenvalue weighted by Crippen LogP contribution is 2.38. The van der Waals surface area contributed by atoms with Crippen LogP contribution in [0.1, 0.15) is 53.7 Å². The van der Waals surface area contributed by atoms with Gasteiger partial charge in [0.05, 0.1) is 12.2 Å². The van der Waals surface area contributed by atoms with Crippen molar-refractivity contribution in [1.82, 2.24) is 25.7 Å². The van der Waals surface area contributed by atoms with Gasteiger partial charge in [-0.15, -0.1) is 0 Å². The van der Waals surface area contributed by atoms with Crippen molar-refractivity contribution in [2.24, 2.45) is 0 Å². The predicted molar refractivity (Wildman–Crippen MR) is 120 cm³/mol. The molecule has 0 bridgehead atoms. The van der Waals surface area contributed by atoms with Crippen LogP contribution in [0.5, 0.6) is 0 Å². The first-order valence-electron chi connectivity index (χ1n) is 11.4. The lowest BCUT2D eigenvalue weighted by molar-refractivity contribution is -0.120. The molecule has 0 radical (unpaired) electrons. The summed E-state index contributed by atoms with van der Waals surface area (Å²) in [6.07, 6.45) is 5.46. The van der Waals surface area contributed by atoms with E-state index < -0.39 is 18.2 Å². The molecule has 8 nitrogen and oxygen atoms in total. The second-order valence-electron chi connectivity index (χ2n) is 8.94. The molecule has 3 N–H and O–H groups in total. The van der Waals surface area contributed by atoms with Gasteiger partial charge in [0.15, 0.2) is 0 Å². The number of rotatable bonds is 7. The van der Waals surface area contributed by atoms with Crippen LogP contribution in [0, 0.1) is 0 Å². The van der Waals surface area contributed by atoms with E-state index in [-0.39, 0.29) is 18.5 Å². The third-order valence-electron chi connectivity index (χ3n) is 6.69. The third-order valence-corrected chi connectivity index (χ3v) is 6.69. The lowest BCUT2D eigenvalue weighted by Gasteiger charge is -2.39. The van der Waals surface area contributed by atoms with E-state index in [1.807, 2.05) is 6.07 Å². The Morgan fingerprint density at radius 1 is 1.18 bits per heavy atom. The summed E-state index contributed by atoms with van der Waals surface area (Å²) in [7, 11) is 0. The summed E-state index contributed by atoms with van der Waals surface area (Å²) in [4.78, 5) is 26.9. The molecule has 1 aromatic carbocycles. The Kier molecular flexibility index (Phi) is 7.29. The van der Waals surface area contributed by atoms with Gasteiger partial charge in [-0.3, -0.25) is 14.5 Å². The third kappa shape index (κ3) is 5.72. The van der Waals surface area contributed by atoms with E-state index in [1.54, 1.807) is 30.5 Å². The molecule has 1 saturated carbocycles. The highest BCUT2D eigenvalue weighted by molar-refractivity contribution is 5.96. The van der Waals surface area contributed by atoms with E-state index >= 15 is 0 Å². The van der Waals surface area contributed by atoms with Crippen LogP contribution in [0.4, 0.5) is 4.39 Å². The van der Waals surface area contributed by atoms with Crippen LogP contribution in [0.25, 0.3) is 0 Å². The van der Waals surface area contributed by atoms with Crippen molar-refractivity contribution in [3.8, 4) is 0 Å². The summed E-state index contributed by atoms with van der Waals surface area (Å²) < 4.78 is 12.8. The Bertz CT molecular complexity index is 966. The SMILES string of the molecule is O=C(CNC(=O)c1cccc(CF)c1)N[C@@H]1CCN(C2CCC(O)(c3cccnn3)CC2)C1. The maximum absolute atomic E-state index is 12.8. The summed E-state index contributed by atoms with van der Waals surface area (Å²) in [5.74, 6) is -0.635. The standard InChI is InChI=1S/C24H30FN5O3/c25-14-17-3-1-4-18(13-17)23(32)26-15-22(31)28-19-8-12-30(16-19)20-6-9-24(33,10-7-20)21-5-2-11-27-29-21/h1-5,11,13,19-20,33H,6-10,12,14-16H2,(H,26,32)(H,28,31)/t19-,20?,24?/m1/s1. The minimum absolute atomic E-state index is 0.0325. The first kappa shape index (κ1) is 23.3. The number of alkyl halides is 1. The van der Waals surface area contributed by atoms with Crippen LogP contribution in [0.15, 0.2) is 42.6 Å². The summed E-state index contributed by atoms with van der Waals surface area (Å²) in [6, 6.07) is 10.3. The maximum Gasteiger partial charge on any atom is 0.251 e. The second-order valence-corrected chi connectivity index (χ2v) is 8.94. The first-order valence-corrected chi connectivity index (χ1v) is 11.4. The van der Waals surface area contributed by atoms with E-state index in [0.29, 0.717) is 35.7 Å². The van der Waals surface area contributed by atoms with Crippen molar-refractivity contribution in [3.63, 3.8) is 0 Å². The number of hydrogen-bond donors (Lipinski definition) is 3. The molecule has 0 spiro atoms. The maximum atomic E-state index is 12.8. The highest BCUT2D eigenvalue weighted by Gasteiger charge is 2.39. The van der Waals surface area contributed by atoms with Gasteiger partial charge in [-0.2, -0.15) is 10.2 Å². The molecule has 9 heteroatoms. The largest absolute Gasteiger partial charge is 0.383 e. The molecule has 1 aliphatic carbocycles. The number of hydrogen-bond acceptors (Lipinski definition) is 6. The molecule has 33 heavy (non-hydrogen) atoms. The van der Waals surface area contributed by atoms with Gasteiger partial charge in [-0.1, -0.05) is 12.1 Å². The average molecular weight is 456 g/mol. The zero-order valence-corrected chi connectivity index (χ0v) is 18.5. The number of carbonyl (C=O) groups excluding carboxylic acids is 2. The molecule has 2 aromatic rings. The molecule has 2 heterocycles. The Morgan fingerprint density at radius 3 is 2.73 bits per heavy atom. The van der Waals surface area contributed by atoms with Gasteiger partial charge in [0.25, 0.3) is 5.91 Å². The minimum Gasteiger partial charge on any atom is -0.383 e. The molecule has 0 unspecified atom stereocenters. The van der Waals surface area contributed by atoms with E-state index in [0.717, 1.165) is 32.4 Å². The molecular formula is C24H30FN5O3. The molecular weight excluding hydrogens is 425 g/mol. The summed E-state index contributed by atoms with van der Waals surface area (Å²) in [6.45, 7) is 0.887. The average Bonchev–Trinajstić information content (AvgIpc) is 3.32. The van der Waals surface area contributed by atoms with Crippen molar-refractivity contribution in [2.45, 2.75) is 56.5 Å². The molecule has 1 aliphatic heterocycles. The number of likely N-dealkylation sites (tertiary alicyclic amines) is 1. The summed E-state index contributed by atoms with van der Waals surface area (Å²) >= 11 is 0. The molecule has 2 fully saturated rings. The van der Waals surface area contributed by atoms with Crippen LogP contribution in [-0.4, -0.2) is 63.7 Å². The van der Waals surface area contributed by atoms with E-state index in [2.05, 4.69) is 25.7 Å². The van der Waals surface area contributed by atoms with Crippen molar-refractivity contribution in [3.05, 3.63) is 59.4 Å². The fourth-order valence-electron chi connectivity index (χ4n) is 4.82. The van der Waals surface area contributed by atoms with Gasteiger partial charge in [-0.25, -0.2) is 4.39 Å². The number of carbonyl (C=O) groups is 2. The van der Waals surface area contributed by atoms with Crippen LogP contribution in [0.2, 0.25) is 0 Å². The van der Waals surface area contributed by atoms with E-state index in [9.17, 15) is 19.1 Å². The Hall–Kier alpha value is -2.91. The zero-order valence-electron chi connectivity index (χ0n) is 18.5. The lowest BCUT2D eigenvalue weighted by Crippen LogP contribution is -2.45. The lowest BCUT2D eigenvalue weighted by atomic mass is 9.79. The van der Waals surface area contributed by atoms with E-state index in [4.69, 9.17) is 0 Å². The number of halogens is 1. The van der Waals surface area contributed by atoms with Gasteiger partial charge in [0.1, 0.15) is 12.3 Å². The normalized spacial score (nSPS) is 25.5. The van der Waals surface area contributed by atoms with Gasteiger partial charge >= 0.3 is 0 Å². The predicted octanol–water partition coefficient (Wildman–Crippen LogP) is 1.70. The van der Waals surface area contributed by atoms with Crippen LogP contribution >= 0.6 is 0 Å². The number of aromatic nitrogens is 2. The summed E-state index contributed by atoms with van der Waals surface area (Å²) in [5, 5.41) is 24.5. The van der Waals surface area contributed by atoms with Crippen LogP contribution < -0.4 is 10.6 Å². The molecule has 2 amide bonds. The Labute approximate surface area is 192 Å². The van der Waals surface area contributed by atoms with Crippen molar-refractivity contribution in [1.29, 1.82) is 0 Å². The van der Waals surface area contributed by atoms with Gasteiger partial charge < -0.3 is 15.7 Å². The Morgan fingerprint density at radius 2 is 2.00 bits per heavy atom. The van der Waals surface area contributed by atoms with Gasteiger partial charge in [-0.05, 0) is 61.9 Å².